The van der Waals surface area contributed by atoms with Crippen LogP contribution in [0.1, 0.15) is 50.1 Å². The van der Waals surface area contributed by atoms with Gasteiger partial charge in [-0.15, -0.1) is 0 Å². The first kappa shape index (κ1) is 16.4. The Morgan fingerprint density at radius 2 is 2.33 bits per heavy atom. The summed E-state index contributed by atoms with van der Waals surface area (Å²) >= 11 is 6.09. The Morgan fingerprint density at radius 1 is 1.57 bits per heavy atom. The number of rotatable bonds is 5. The van der Waals surface area contributed by atoms with E-state index >= 15 is 0 Å². The van der Waals surface area contributed by atoms with Crippen LogP contribution in [-0.2, 0) is 0 Å². The van der Waals surface area contributed by atoms with Crippen molar-refractivity contribution in [3.63, 3.8) is 0 Å². The lowest BCUT2D eigenvalue weighted by Gasteiger charge is -2.30. The Balaban J connectivity index is 2.12. The summed E-state index contributed by atoms with van der Waals surface area (Å²) in [5.41, 5.74) is 0.695. The largest absolute Gasteiger partial charge is 0.339 e. The summed E-state index contributed by atoms with van der Waals surface area (Å²) in [6, 6.07) is 2.01. The van der Waals surface area contributed by atoms with Crippen LogP contribution >= 0.6 is 11.6 Å². The molecule has 2 rings (SSSR count). The van der Waals surface area contributed by atoms with Crippen molar-refractivity contribution in [2.75, 3.05) is 26.2 Å². The third kappa shape index (κ3) is 4.01. The van der Waals surface area contributed by atoms with E-state index in [-0.39, 0.29) is 11.9 Å². The van der Waals surface area contributed by atoms with Gasteiger partial charge in [-0.3, -0.25) is 4.79 Å². The van der Waals surface area contributed by atoms with Gasteiger partial charge in [-0.2, -0.15) is 0 Å². The van der Waals surface area contributed by atoms with Crippen molar-refractivity contribution in [3.05, 3.63) is 23.0 Å². The molecular weight excluding hydrogens is 286 g/mol. The highest BCUT2D eigenvalue weighted by Crippen LogP contribution is 2.21. The Hall–Kier alpha value is -1.00. The van der Waals surface area contributed by atoms with Gasteiger partial charge in [0.05, 0.1) is 5.02 Å². The molecule has 21 heavy (non-hydrogen) atoms. The predicted octanol–water partition coefficient (Wildman–Crippen LogP) is 3.18. The van der Waals surface area contributed by atoms with Crippen molar-refractivity contribution < 1.29 is 4.79 Å². The second-order valence-electron chi connectivity index (χ2n) is 6.10. The fourth-order valence-corrected chi connectivity index (χ4v) is 3.16. The number of halogens is 1. The first-order valence-electron chi connectivity index (χ1n) is 7.90. The summed E-state index contributed by atoms with van der Waals surface area (Å²) in [5, 5.41) is 4.04. The minimum absolute atomic E-state index is 0.0867. The Bertz CT molecular complexity index is 478. The standard InChI is InChI=1S/C16H26ClN3O/c1-4-19(10-13-6-5-7-18-9-13)16(21)15-8-14(17)11-20(15)12(2)3/h8,11-13,18H,4-7,9-10H2,1-3H3. The van der Waals surface area contributed by atoms with Gasteiger partial charge in [-0.05, 0) is 58.7 Å². The molecule has 118 valence electrons. The topological polar surface area (TPSA) is 37.3 Å². The summed E-state index contributed by atoms with van der Waals surface area (Å²) in [4.78, 5) is 14.8. The second-order valence-corrected chi connectivity index (χ2v) is 6.54. The van der Waals surface area contributed by atoms with E-state index in [9.17, 15) is 4.79 Å². The zero-order valence-corrected chi connectivity index (χ0v) is 14.0. The van der Waals surface area contributed by atoms with E-state index in [1.807, 2.05) is 22.6 Å². The van der Waals surface area contributed by atoms with E-state index in [4.69, 9.17) is 11.6 Å². The van der Waals surface area contributed by atoms with E-state index in [0.29, 0.717) is 16.6 Å². The van der Waals surface area contributed by atoms with Crippen LogP contribution in [0, 0.1) is 5.92 Å². The molecule has 1 fully saturated rings. The minimum atomic E-state index is 0.0867. The molecular formula is C16H26ClN3O. The molecule has 1 aliphatic heterocycles. The lowest BCUT2D eigenvalue weighted by molar-refractivity contribution is 0.0716. The summed E-state index contributed by atoms with van der Waals surface area (Å²) in [5.74, 6) is 0.643. The summed E-state index contributed by atoms with van der Waals surface area (Å²) in [6.45, 7) is 9.83. The van der Waals surface area contributed by atoms with Crippen LogP contribution in [0.25, 0.3) is 0 Å². The first-order chi connectivity index (χ1) is 10.0. The van der Waals surface area contributed by atoms with Crippen LogP contribution in [0.15, 0.2) is 12.3 Å². The van der Waals surface area contributed by atoms with Gasteiger partial charge >= 0.3 is 0 Å². The first-order valence-corrected chi connectivity index (χ1v) is 8.28. The summed E-state index contributed by atoms with van der Waals surface area (Å²) in [7, 11) is 0. The van der Waals surface area contributed by atoms with Gasteiger partial charge in [0.2, 0.25) is 0 Å². The molecule has 1 unspecified atom stereocenters. The molecule has 1 N–H and O–H groups in total. The maximum absolute atomic E-state index is 12.8. The van der Waals surface area contributed by atoms with Crippen molar-refractivity contribution in [1.29, 1.82) is 0 Å². The average Bonchev–Trinajstić information content (AvgIpc) is 2.87. The monoisotopic (exact) mass is 311 g/mol. The molecule has 4 nitrogen and oxygen atoms in total. The van der Waals surface area contributed by atoms with E-state index in [2.05, 4.69) is 19.2 Å². The molecule has 5 heteroatoms. The maximum Gasteiger partial charge on any atom is 0.270 e. The molecule has 1 aromatic rings. The molecule has 1 atom stereocenters. The molecule has 0 bridgehead atoms. The van der Waals surface area contributed by atoms with Gasteiger partial charge in [0, 0.05) is 25.3 Å². The van der Waals surface area contributed by atoms with Crippen molar-refractivity contribution >= 4 is 17.5 Å². The lowest BCUT2D eigenvalue weighted by Crippen LogP contribution is -2.41. The number of piperidine rings is 1. The molecule has 2 heterocycles. The van der Waals surface area contributed by atoms with E-state index in [0.717, 1.165) is 26.2 Å². The number of nitrogens with zero attached hydrogens (tertiary/aromatic N) is 2. The lowest BCUT2D eigenvalue weighted by atomic mass is 9.99. The fourth-order valence-electron chi connectivity index (χ4n) is 2.95. The molecule has 0 radical (unpaired) electrons. The van der Waals surface area contributed by atoms with Gasteiger partial charge in [0.1, 0.15) is 5.69 Å². The van der Waals surface area contributed by atoms with E-state index in [1.165, 1.54) is 12.8 Å². The predicted molar refractivity (Wildman–Crippen MR) is 87.0 cm³/mol. The van der Waals surface area contributed by atoms with Gasteiger partial charge < -0.3 is 14.8 Å². The van der Waals surface area contributed by atoms with Crippen LogP contribution in [-0.4, -0.2) is 41.6 Å². The highest BCUT2D eigenvalue weighted by Gasteiger charge is 2.23. The molecule has 1 amide bonds. The van der Waals surface area contributed by atoms with Gasteiger partial charge in [0.15, 0.2) is 0 Å². The van der Waals surface area contributed by atoms with Gasteiger partial charge in [-0.25, -0.2) is 0 Å². The maximum atomic E-state index is 12.8. The Labute approximate surface area is 132 Å². The normalized spacial score (nSPS) is 19.0. The molecule has 0 saturated carbocycles. The number of carbonyl (C=O) groups excluding carboxylic acids is 1. The fraction of sp³-hybridized carbons (Fsp3) is 0.688. The van der Waals surface area contributed by atoms with Crippen molar-refractivity contribution in [2.45, 2.75) is 39.7 Å². The third-order valence-corrected chi connectivity index (χ3v) is 4.34. The van der Waals surface area contributed by atoms with Crippen LogP contribution in [0.2, 0.25) is 5.02 Å². The van der Waals surface area contributed by atoms with Crippen LogP contribution in [0.5, 0.6) is 0 Å². The van der Waals surface area contributed by atoms with Gasteiger partial charge in [0.25, 0.3) is 5.91 Å². The SMILES string of the molecule is CCN(CC1CCCNC1)C(=O)c1cc(Cl)cn1C(C)C. The Morgan fingerprint density at radius 3 is 2.90 bits per heavy atom. The van der Waals surface area contributed by atoms with Crippen molar-refractivity contribution in [3.8, 4) is 0 Å². The number of nitrogens with one attached hydrogen (secondary N) is 1. The zero-order valence-electron chi connectivity index (χ0n) is 13.2. The molecule has 1 saturated heterocycles. The van der Waals surface area contributed by atoms with Crippen molar-refractivity contribution in [2.24, 2.45) is 5.92 Å². The highest BCUT2D eigenvalue weighted by atomic mass is 35.5. The minimum Gasteiger partial charge on any atom is -0.339 e. The van der Waals surface area contributed by atoms with E-state index < -0.39 is 0 Å². The number of hydrogen-bond donors (Lipinski definition) is 1. The van der Waals surface area contributed by atoms with Crippen LogP contribution in [0.3, 0.4) is 0 Å². The number of hydrogen-bond acceptors (Lipinski definition) is 2. The average molecular weight is 312 g/mol. The summed E-state index contributed by atoms with van der Waals surface area (Å²) < 4.78 is 1.96. The van der Waals surface area contributed by atoms with Crippen LogP contribution < -0.4 is 5.32 Å². The van der Waals surface area contributed by atoms with Gasteiger partial charge in [-0.1, -0.05) is 11.6 Å². The van der Waals surface area contributed by atoms with Crippen molar-refractivity contribution in [1.82, 2.24) is 14.8 Å². The summed E-state index contributed by atoms with van der Waals surface area (Å²) in [6.07, 6.45) is 4.24. The Kier molecular flexibility index (Phi) is 5.71. The highest BCUT2D eigenvalue weighted by molar-refractivity contribution is 6.31. The number of amides is 1. The molecule has 1 aliphatic rings. The molecule has 0 aliphatic carbocycles. The molecule has 0 aromatic carbocycles. The second kappa shape index (κ2) is 7.32. The molecule has 1 aromatic heterocycles. The number of aromatic nitrogens is 1. The quantitative estimate of drug-likeness (QED) is 0.907. The van der Waals surface area contributed by atoms with E-state index in [1.54, 1.807) is 6.07 Å². The number of carbonyl (C=O) groups is 1. The zero-order chi connectivity index (χ0) is 15.4. The van der Waals surface area contributed by atoms with Crippen LogP contribution in [0.4, 0.5) is 0 Å². The third-order valence-electron chi connectivity index (χ3n) is 4.14. The molecule has 0 spiro atoms. The smallest absolute Gasteiger partial charge is 0.270 e.